The maximum Gasteiger partial charge on any atom is 0.0213 e. The number of nitrogens with one attached hydrogen (secondary N) is 1. The Bertz CT molecular complexity index is 225. The molecule has 1 aliphatic carbocycles. The van der Waals surface area contributed by atoms with E-state index in [4.69, 9.17) is 0 Å². The Morgan fingerprint density at radius 2 is 2.06 bits per heavy atom. The molecule has 2 fully saturated rings. The molecule has 3 unspecified atom stereocenters. The van der Waals surface area contributed by atoms with Crippen LogP contribution in [0.1, 0.15) is 33.1 Å². The number of hydrogen-bond donors (Lipinski definition) is 1. The van der Waals surface area contributed by atoms with Crippen LogP contribution < -0.4 is 5.32 Å². The molecule has 2 rings (SSSR count). The molecule has 1 saturated heterocycles. The Hall–Kier alpha value is -0.120. The third-order valence-electron chi connectivity index (χ3n) is 3.80. The van der Waals surface area contributed by atoms with E-state index in [0.717, 1.165) is 18.6 Å². The summed E-state index contributed by atoms with van der Waals surface area (Å²) in [6.07, 6.45) is 4.20. The van der Waals surface area contributed by atoms with Crippen LogP contribution in [0.4, 0.5) is 0 Å². The van der Waals surface area contributed by atoms with Crippen molar-refractivity contribution in [2.75, 3.05) is 27.2 Å². The molecule has 1 heterocycles. The van der Waals surface area contributed by atoms with Crippen molar-refractivity contribution < 1.29 is 0 Å². The van der Waals surface area contributed by atoms with Gasteiger partial charge in [0.05, 0.1) is 0 Å². The zero-order valence-electron chi connectivity index (χ0n) is 11.2. The predicted octanol–water partition coefficient (Wildman–Crippen LogP) is 1.15. The summed E-state index contributed by atoms with van der Waals surface area (Å²) >= 11 is 0. The van der Waals surface area contributed by atoms with E-state index >= 15 is 0 Å². The van der Waals surface area contributed by atoms with E-state index in [0.29, 0.717) is 12.1 Å². The summed E-state index contributed by atoms with van der Waals surface area (Å²) in [7, 11) is 4.29. The Balaban J connectivity index is 1.74. The highest BCUT2D eigenvalue weighted by Crippen LogP contribution is 2.33. The van der Waals surface area contributed by atoms with Crippen molar-refractivity contribution in [3.8, 4) is 0 Å². The summed E-state index contributed by atoms with van der Waals surface area (Å²) < 4.78 is 0. The van der Waals surface area contributed by atoms with Gasteiger partial charge >= 0.3 is 0 Å². The third kappa shape index (κ3) is 3.19. The van der Waals surface area contributed by atoms with E-state index in [9.17, 15) is 0 Å². The van der Waals surface area contributed by atoms with Gasteiger partial charge in [0.15, 0.2) is 0 Å². The fraction of sp³-hybridized carbons (Fsp3) is 1.00. The van der Waals surface area contributed by atoms with Gasteiger partial charge in [0.25, 0.3) is 0 Å². The molecule has 0 spiro atoms. The normalized spacial score (nSPS) is 33.6. The summed E-state index contributed by atoms with van der Waals surface area (Å²) in [5, 5.41) is 3.77. The Labute approximate surface area is 100 Å². The van der Waals surface area contributed by atoms with Crippen LogP contribution in [0.2, 0.25) is 0 Å². The zero-order valence-corrected chi connectivity index (χ0v) is 11.2. The van der Waals surface area contributed by atoms with E-state index in [2.05, 4.69) is 43.1 Å². The van der Waals surface area contributed by atoms with Crippen LogP contribution in [0.3, 0.4) is 0 Å². The van der Waals surface area contributed by atoms with Crippen LogP contribution in [-0.4, -0.2) is 61.2 Å². The minimum Gasteiger partial charge on any atom is -0.309 e. The summed E-state index contributed by atoms with van der Waals surface area (Å²) in [5.74, 6) is 0. The standard InChI is InChI=1S/C13H27N3/c1-10(8-15(3)4)14-12-7-11(2)16(9-12)13-5-6-13/h10-14H,5-9H2,1-4H3. The molecule has 3 atom stereocenters. The minimum absolute atomic E-state index is 0.603. The van der Waals surface area contributed by atoms with Crippen LogP contribution >= 0.6 is 0 Å². The molecular weight excluding hydrogens is 198 g/mol. The van der Waals surface area contributed by atoms with Gasteiger partial charge in [-0.1, -0.05) is 0 Å². The van der Waals surface area contributed by atoms with Crippen molar-refractivity contribution in [3.63, 3.8) is 0 Å². The molecule has 1 aliphatic heterocycles. The summed E-state index contributed by atoms with van der Waals surface area (Å²) in [5.41, 5.74) is 0. The fourth-order valence-electron chi connectivity index (χ4n) is 3.09. The van der Waals surface area contributed by atoms with Gasteiger partial charge in [-0.25, -0.2) is 0 Å². The number of likely N-dealkylation sites (N-methyl/N-ethyl adjacent to an activating group) is 1. The second-order valence-electron chi connectivity index (χ2n) is 6.04. The summed E-state index contributed by atoms with van der Waals surface area (Å²) in [4.78, 5) is 4.97. The lowest BCUT2D eigenvalue weighted by molar-refractivity contribution is 0.252. The lowest BCUT2D eigenvalue weighted by Crippen LogP contribution is -2.43. The van der Waals surface area contributed by atoms with Gasteiger partial charge in [0.1, 0.15) is 0 Å². The van der Waals surface area contributed by atoms with Gasteiger partial charge in [-0.05, 0) is 47.2 Å². The lowest BCUT2D eigenvalue weighted by Gasteiger charge is -2.23. The van der Waals surface area contributed by atoms with Crippen molar-refractivity contribution in [2.45, 2.75) is 57.3 Å². The molecule has 3 heteroatoms. The highest BCUT2D eigenvalue weighted by Gasteiger charge is 2.38. The number of nitrogens with zero attached hydrogens (tertiary/aromatic N) is 2. The number of hydrogen-bond acceptors (Lipinski definition) is 3. The number of rotatable bonds is 5. The second-order valence-corrected chi connectivity index (χ2v) is 6.04. The van der Waals surface area contributed by atoms with Gasteiger partial charge in [-0.3, -0.25) is 4.90 Å². The van der Waals surface area contributed by atoms with Crippen molar-refractivity contribution in [1.29, 1.82) is 0 Å². The van der Waals surface area contributed by atoms with Crippen molar-refractivity contribution in [1.82, 2.24) is 15.1 Å². The van der Waals surface area contributed by atoms with Crippen molar-refractivity contribution in [3.05, 3.63) is 0 Å². The smallest absolute Gasteiger partial charge is 0.0213 e. The molecule has 0 aromatic heterocycles. The first-order chi connectivity index (χ1) is 7.56. The van der Waals surface area contributed by atoms with Gasteiger partial charge in [0.2, 0.25) is 0 Å². The molecule has 0 aromatic rings. The first-order valence-electron chi connectivity index (χ1n) is 6.72. The van der Waals surface area contributed by atoms with Gasteiger partial charge in [-0.2, -0.15) is 0 Å². The SMILES string of the molecule is CC(CN(C)C)NC1CC(C)N(C2CC2)C1. The van der Waals surface area contributed by atoms with E-state index in [1.807, 2.05) is 0 Å². The average Bonchev–Trinajstić information content (AvgIpc) is 2.90. The average molecular weight is 225 g/mol. The molecule has 3 nitrogen and oxygen atoms in total. The molecule has 0 amide bonds. The highest BCUT2D eigenvalue weighted by atomic mass is 15.3. The Kier molecular flexibility index (Phi) is 3.88. The van der Waals surface area contributed by atoms with Gasteiger partial charge in [0, 0.05) is 37.3 Å². The second kappa shape index (κ2) is 5.03. The van der Waals surface area contributed by atoms with Crippen LogP contribution in [0.5, 0.6) is 0 Å². The van der Waals surface area contributed by atoms with Crippen LogP contribution in [0.25, 0.3) is 0 Å². The predicted molar refractivity (Wildman–Crippen MR) is 68.7 cm³/mol. The molecule has 0 bridgehead atoms. The van der Waals surface area contributed by atoms with Gasteiger partial charge in [-0.15, -0.1) is 0 Å². The van der Waals surface area contributed by atoms with Crippen LogP contribution in [0.15, 0.2) is 0 Å². The third-order valence-corrected chi connectivity index (χ3v) is 3.80. The number of likely N-dealkylation sites (tertiary alicyclic amines) is 1. The lowest BCUT2D eigenvalue weighted by atomic mass is 10.1. The van der Waals surface area contributed by atoms with E-state index in [1.165, 1.54) is 25.8 Å². The summed E-state index contributed by atoms with van der Waals surface area (Å²) in [6.45, 7) is 7.08. The van der Waals surface area contributed by atoms with Crippen LogP contribution in [0, 0.1) is 0 Å². The first kappa shape index (κ1) is 12.3. The molecule has 0 aromatic carbocycles. The fourth-order valence-corrected chi connectivity index (χ4v) is 3.09. The Morgan fingerprint density at radius 1 is 1.38 bits per heavy atom. The first-order valence-corrected chi connectivity index (χ1v) is 6.72. The van der Waals surface area contributed by atoms with Crippen LogP contribution in [-0.2, 0) is 0 Å². The molecule has 1 N–H and O–H groups in total. The largest absolute Gasteiger partial charge is 0.309 e. The Morgan fingerprint density at radius 3 is 2.62 bits per heavy atom. The highest BCUT2D eigenvalue weighted by molar-refractivity contribution is 4.96. The monoisotopic (exact) mass is 225 g/mol. The molecule has 16 heavy (non-hydrogen) atoms. The molecule has 0 radical (unpaired) electrons. The maximum absolute atomic E-state index is 3.77. The van der Waals surface area contributed by atoms with Gasteiger partial charge < -0.3 is 10.2 Å². The molecular formula is C13H27N3. The van der Waals surface area contributed by atoms with E-state index < -0.39 is 0 Å². The molecule has 1 saturated carbocycles. The minimum atomic E-state index is 0.603. The topological polar surface area (TPSA) is 18.5 Å². The molecule has 2 aliphatic rings. The zero-order chi connectivity index (χ0) is 11.7. The van der Waals surface area contributed by atoms with Crippen molar-refractivity contribution >= 4 is 0 Å². The summed E-state index contributed by atoms with van der Waals surface area (Å²) in [6, 6.07) is 3.03. The molecule has 94 valence electrons. The maximum atomic E-state index is 3.77. The van der Waals surface area contributed by atoms with E-state index in [-0.39, 0.29) is 0 Å². The van der Waals surface area contributed by atoms with Crippen molar-refractivity contribution in [2.24, 2.45) is 0 Å². The quantitative estimate of drug-likeness (QED) is 0.757. The van der Waals surface area contributed by atoms with E-state index in [1.54, 1.807) is 0 Å².